The maximum absolute atomic E-state index is 12.8. The van der Waals surface area contributed by atoms with Gasteiger partial charge in [0.15, 0.2) is 0 Å². The van der Waals surface area contributed by atoms with E-state index in [1.54, 1.807) is 13.0 Å². The number of nitrogens with one attached hydrogen (secondary N) is 2. The minimum absolute atomic E-state index is 0.128. The van der Waals surface area contributed by atoms with Crippen LogP contribution < -0.4 is 10.6 Å². The average molecular weight is 495 g/mol. The van der Waals surface area contributed by atoms with E-state index in [2.05, 4.69) is 31.3 Å². The van der Waals surface area contributed by atoms with Gasteiger partial charge in [-0.15, -0.1) is 18.2 Å². The highest BCUT2D eigenvalue weighted by Gasteiger charge is 2.54. The standard InChI is InChI=1S/C21H19BrF3N5O/c1-13-10-15(6-7-17(13)31-21(23,24)25)20(14-4-2-5-16(22)11-14)18-27-8-3-9-30(18)19(29-20)28-12-26/h2,4-7,11,13H,3,8-10H2,1H3,(H,28,29)/p+1. The second-order valence-electron chi connectivity index (χ2n) is 7.59. The molecule has 10 heteroatoms. The third-order valence-electron chi connectivity index (χ3n) is 5.56. The third kappa shape index (κ3) is 3.94. The number of hydrogen-bond acceptors (Lipinski definition) is 5. The highest BCUT2D eigenvalue weighted by Crippen LogP contribution is 2.45. The van der Waals surface area contributed by atoms with E-state index in [4.69, 9.17) is 4.99 Å². The van der Waals surface area contributed by atoms with E-state index < -0.39 is 17.8 Å². The van der Waals surface area contributed by atoms with Crippen LogP contribution in [-0.4, -0.2) is 35.8 Å². The molecule has 0 saturated carbocycles. The number of rotatable bonds is 3. The van der Waals surface area contributed by atoms with E-state index >= 15 is 0 Å². The molecule has 0 spiro atoms. The summed E-state index contributed by atoms with van der Waals surface area (Å²) < 4.78 is 45.3. The fourth-order valence-corrected chi connectivity index (χ4v) is 4.71. The van der Waals surface area contributed by atoms with Crippen LogP contribution >= 0.6 is 15.9 Å². The van der Waals surface area contributed by atoms with Crippen LogP contribution in [0.1, 0.15) is 25.3 Å². The molecule has 162 valence electrons. The summed E-state index contributed by atoms with van der Waals surface area (Å²) in [5.74, 6) is 0.587. The van der Waals surface area contributed by atoms with Gasteiger partial charge in [-0.05, 0) is 30.2 Å². The van der Waals surface area contributed by atoms with Crippen LogP contribution in [0.15, 0.2) is 57.2 Å². The minimum atomic E-state index is -4.74. The van der Waals surface area contributed by atoms with Gasteiger partial charge in [-0.25, -0.2) is 4.58 Å². The van der Waals surface area contributed by atoms with Crippen molar-refractivity contribution in [2.45, 2.75) is 31.7 Å². The van der Waals surface area contributed by atoms with E-state index in [1.165, 1.54) is 6.08 Å². The molecule has 2 aliphatic heterocycles. The molecule has 4 rings (SSSR count). The highest BCUT2D eigenvalue weighted by atomic mass is 79.9. The molecule has 2 unspecified atom stereocenters. The number of alkyl halides is 3. The summed E-state index contributed by atoms with van der Waals surface area (Å²) in [6.45, 7) is 3.10. The number of ether oxygens (including phenoxy) is 1. The van der Waals surface area contributed by atoms with Crippen LogP contribution in [-0.2, 0) is 10.3 Å². The first-order valence-electron chi connectivity index (χ1n) is 9.81. The van der Waals surface area contributed by atoms with Crippen LogP contribution in [0.5, 0.6) is 0 Å². The van der Waals surface area contributed by atoms with Crippen molar-refractivity contribution in [1.82, 2.24) is 10.6 Å². The van der Waals surface area contributed by atoms with Gasteiger partial charge in [0.2, 0.25) is 17.6 Å². The molecule has 1 aromatic carbocycles. The summed E-state index contributed by atoms with van der Waals surface area (Å²) in [5.41, 5.74) is 0.674. The fraction of sp³-hybridized carbons (Fsp3) is 0.381. The number of hydrogen-bond donors (Lipinski definition) is 2. The van der Waals surface area contributed by atoms with Crippen molar-refractivity contribution < 1.29 is 22.5 Å². The second-order valence-corrected chi connectivity index (χ2v) is 8.50. The lowest BCUT2D eigenvalue weighted by atomic mass is 9.75. The van der Waals surface area contributed by atoms with Crippen LogP contribution in [0.25, 0.3) is 0 Å². The minimum Gasteiger partial charge on any atom is -0.410 e. The molecular formula is C21H20BrF3N5O+. The molecular weight excluding hydrogens is 475 g/mol. The number of aliphatic imine (C=N–C) groups is 1. The maximum Gasteiger partial charge on any atom is 0.572 e. The van der Waals surface area contributed by atoms with Crippen molar-refractivity contribution in [1.29, 1.82) is 5.26 Å². The van der Waals surface area contributed by atoms with Gasteiger partial charge in [0.05, 0.1) is 13.1 Å². The number of halogens is 4. The fourth-order valence-electron chi connectivity index (χ4n) is 4.31. The monoisotopic (exact) mass is 494 g/mol. The molecule has 31 heavy (non-hydrogen) atoms. The Balaban J connectivity index is 1.90. The maximum atomic E-state index is 12.8. The lowest BCUT2D eigenvalue weighted by Crippen LogP contribution is -2.51. The van der Waals surface area contributed by atoms with Gasteiger partial charge in [-0.3, -0.25) is 0 Å². The van der Waals surface area contributed by atoms with Gasteiger partial charge >= 0.3 is 12.3 Å². The molecule has 3 aliphatic rings. The Morgan fingerprint density at radius 2 is 2.19 bits per heavy atom. The van der Waals surface area contributed by atoms with Gasteiger partial charge in [-0.2, -0.15) is 10.6 Å². The molecule has 0 amide bonds. The highest BCUT2D eigenvalue weighted by molar-refractivity contribution is 9.10. The molecule has 0 aromatic heterocycles. The van der Waals surface area contributed by atoms with E-state index in [1.807, 2.05) is 35.0 Å². The molecule has 2 N–H and O–H groups in total. The van der Waals surface area contributed by atoms with E-state index in [-0.39, 0.29) is 5.76 Å². The number of benzene rings is 1. The summed E-state index contributed by atoms with van der Waals surface area (Å²) >= 11 is 3.51. The zero-order valence-electron chi connectivity index (χ0n) is 16.6. The van der Waals surface area contributed by atoms with E-state index in [9.17, 15) is 18.4 Å². The summed E-state index contributed by atoms with van der Waals surface area (Å²) in [6, 6.07) is 7.66. The van der Waals surface area contributed by atoms with Gasteiger partial charge in [-0.1, -0.05) is 41.1 Å². The van der Waals surface area contributed by atoms with Gasteiger partial charge in [0.25, 0.3) is 0 Å². The Labute approximate surface area is 185 Å². The molecule has 0 fully saturated rings. The smallest absolute Gasteiger partial charge is 0.410 e. The van der Waals surface area contributed by atoms with Gasteiger partial charge in [0.1, 0.15) is 5.76 Å². The van der Waals surface area contributed by atoms with E-state index in [0.29, 0.717) is 18.9 Å². The Morgan fingerprint density at radius 1 is 1.39 bits per heavy atom. The number of nitriles is 1. The predicted molar refractivity (Wildman–Crippen MR) is 112 cm³/mol. The average Bonchev–Trinajstić information content (AvgIpc) is 3.05. The zero-order valence-corrected chi connectivity index (χ0v) is 18.2. The van der Waals surface area contributed by atoms with Crippen molar-refractivity contribution in [3.8, 4) is 6.19 Å². The number of allylic oxidation sites excluding steroid dienone is 3. The van der Waals surface area contributed by atoms with Crippen LogP contribution in [0.4, 0.5) is 13.2 Å². The molecule has 1 aromatic rings. The Hall–Kier alpha value is -2.80. The van der Waals surface area contributed by atoms with Crippen molar-refractivity contribution in [3.05, 3.63) is 57.8 Å². The summed E-state index contributed by atoms with van der Waals surface area (Å²) in [5, 5.41) is 15.3. The van der Waals surface area contributed by atoms with Gasteiger partial charge in [0, 0.05) is 22.4 Å². The number of nitrogens with zero attached hydrogens (tertiary/aromatic N) is 3. The topological polar surface area (TPSA) is 72.5 Å². The summed E-state index contributed by atoms with van der Waals surface area (Å²) in [7, 11) is 0. The molecule has 0 radical (unpaired) electrons. The molecule has 0 bridgehead atoms. The first-order chi connectivity index (χ1) is 14.7. The molecule has 6 nitrogen and oxygen atoms in total. The normalized spacial score (nSPS) is 25.5. The van der Waals surface area contributed by atoms with Crippen LogP contribution in [0, 0.1) is 17.4 Å². The summed E-state index contributed by atoms with van der Waals surface area (Å²) in [4.78, 5) is 4.95. The van der Waals surface area contributed by atoms with Crippen LogP contribution in [0.3, 0.4) is 0 Å². The Morgan fingerprint density at radius 3 is 2.87 bits per heavy atom. The lowest BCUT2D eigenvalue weighted by molar-refractivity contribution is -0.417. The Kier molecular flexibility index (Phi) is 5.56. The predicted octanol–water partition coefficient (Wildman–Crippen LogP) is 3.88. The zero-order chi connectivity index (χ0) is 22.2. The quantitative estimate of drug-likeness (QED) is 0.380. The van der Waals surface area contributed by atoms with Crippen molar-refractivity contribution in [2.75, 3.05) is 13.1 Å². The van der Waals surface area contributed by atoms with E-state index in [0.717, 1.165) is 34.4 Å². The third-order valence-corrected chi connectivity index (χ3v) is 6.06. The van der Waals surface area contributed by atoms with Crippen LogP contribution in [0.2, 0.25) is 0 Å². The molecule has 1 aliphatic carbocycles. The summed E-state index contributed by atoms with van der Waals surface area (Å²) in [6.07, 6.45) is 1.41. The van der Waals surface area contributed by atoms with Crippen molar-refractivity contribution in [3.63, 3.8) is 0 Å². The largest absolute Gasteiger partial charge is 0.572 e. The SMILES string of the molecule is CC1CC(C2(c3cccc(Br)c3)N=C(NC#N)[N+]3=C2NCCC3)=CC=C1OC(F)(F)F. The Bertz CT molecular complexity index is 1070. The molecule has 2 heterocycles. The lowest BCUT2D eigenvalue weighted by Gasteiger charge is -2.33. The number of amidine groups is 1. The van der Waals surface area contributed by atoms with Crippen molar-refractivity contribution >= 4 is 27.7 Å². The van der Waals surface area contributed by atoms with Gasteiger partial charge < -0.3 is 10.1 Å². The molecule has 0 saturated heterocycles. The van der Waals surface area contributed by atoms with Crippen molar-refractivity contribution in [2.24, 2.45) is 10.9 Å². The first kappa shape index (κ1) is 21.4. The first-order valence-corrected chi connectivity index (χ1v) is 10.6. The number of guanidine groups is 1. The second kappa shape index (κ2) is 8.04. The molecule has 2 atom stereocenters.